The van der Waals surface area contributed by atoms with E-state index in [9.17, 15) is 19.3 Å². The average molecular weight is 563 g/mol. The molecule has 1 aromatic heterocycles. The Bertz CT molecular complexity index is 1470. The lowest BCUT2D eigenvalue weighted by Gasteiger charge is -2.35. The highest BCUT2D eigenvalue weighted by atomic mass is 35.5. The Morgan fingerprint density at radius 1 is 0.900 bits per heavy atom. The van der Waals surface area contributed by atoms with Crippen molar-refractivity contribution in [2.24, 2.45) is 0 Å². The molecule has 0 N–H and O–H groups in total. The summed E-state index contributed by atoms with van der Waals surface area (Å²) >= 11 is 6.05. The average Bonchev–Trinajstić information content (AvgIpc) is 3.42. The Hall–Kier alpha value is -4.21. The number of carbonyl (C=O) groups excluding carboxylic acids is 1. The highest BCUT2D eigenvalue weighted by Gasteiger charge is 2.25. The van der Waals surface area contributed by atoms with Crippen LogP contribution in [0.5, 0.6) is 0 Å². The fraction of sp³-hybridized carbons (Fsp3) is 0.233. The third kappa shape index (κ3) is 6.86. The quantitative estimate of drug-likeness (QED) is 0.180. The minimum atomic E-state index is -0.420. The molecule has 0 saturated carbocycles. The molecule has 1 aliphatic rings. The molecule has 1 fully saturated rings. The Labute approximate surface area is 236 Å². The maximum Gasteiger partial charge on any atom is 0.289 e. The molecule has 0 atom stereocenters. The van der Waals surface area contributed by atoms with E-state index in [-0.39, 0.29) is 23.2 Å². The third-order valence-corrected chi connectivity index (χ3v) is 7.11. The number of non-ortho nitro benzene ring substituents is 1. The summed E-state index contributed by atoms with van der Waals surface area (Å²) in [5, 5.41) is 11.6. The predicted molar refractivity (Wildman–Crippen MR) is 151 cm³/mol. The van der Waals surface area contributed by atoms with Gasteiger partial charge in [-0.25, -0.2) is 4.39 Å². The van der Waals surface area contributed by atoms with Crippen molar-refractivity contribution in [3.05, 3.63) is 129 Å². The van der Waals surface area contributed by atoms with E-state index in [1.54, 1.807) is 35.2 Å². The highest BCUT2D eigenvalue weighted by molar-refractivity contribution is 6.30. The van der Waals surface area contributed by atoms with E-state index < -0.39 is 4.92 Å². The number of hydrogen-bond acceptors (Lipinski definition) is 6. The number of nitro benzene ring substituents is 1. The fourth-order valence-corrected chi connectivity index (χ4v) is 4.94. The first-order chi connectivity index (χ1) is 19.3. The summed E-state index contributed by atoms with van der Waals surface area (Å²) in [6.45, 7) is 3.75. The molecule has 5 rings (SSSR count). The molecule has 1 saturated heterocycles. The number of amides is 1. The number of benzene rings is 3. The maximum absolute atomic E-state index is 13.8. The van der Waals surface area contributed by atoms with E-state index in [0.717, 1.165) is 16.8 Å². The predicted octanol–water partition coefficient (Wildman–Crippen LogP) is 6.15. The number of piperazine rings is 1. The summed E-state index contributed by atoms with van der Waals surface area (Å²) in [5.41, 5.74) is 2.82. The van der Waals surface area contributed by atoms with Gasteiger partial charge in [-0.15, -0.1) is 0 Å². The van der Waals surface area contributed by atoms with E-state index in [1.165, 1.54) is 24.3 Å². The van der Waals surface area contributed by atoms with Crippen molar-refractivity contribution in [1.29, 1.82) is 0 Å². The van der Waals surface area contributed by atoms with E-state index in [1.807, 2.05) is 30.3 Å². The van der Waals surface area contributed by atoms with Gasteiger partial charge < -0.3 is 14.2 Å². The molecular weight excluding hydrogens is 535 g/mol. The summed E-state index contributed by atoms with van der Waals surface area (Å²) in [5.74, 6) is 0.446. The number of carbonyl (C=O) groups is 1. The molecule has 2 heterocycles. The number of rotatable bonds is 9. The van der Waals surface area contributed by atoms with E-state index >= 15 is 0 Å². The lowest BCUT2D eigenvalue weighted by atomic mass is 10.1. The van der Waals surface area contributed by atoms with Gasteiger partial charge in [-0.3, -0.25) is 19.8 Å². The van der Waals surface area contributed by atoms with Gasteiger partial charge >= 0.3 is 0 Å². The number of halogens is 2. The van der Waals surface area contributed by atoms with Crippen LogP contribution in [0, 0.1) is 15.9 Å². The van der Waals surface area contributed by atoms with Crippen LogP contribution in [0.3, 0.4) is 0 Å². The van der Waals surface area contributed by atoms with E-state index in [4.69, 9.17) is 16.0 Å². The standard InChI is InChI=1S/C30H28ClFN4O4/c31-24-6-4-22(5-7-24)19-33(20-23-2-1-3-25(32)18-23)21-28-12-13-29(40-28)30(37)35-16-14-34(15-17-35)26-8-10-27(11-9-26)36(38)39/h1-13,18H,14-17,19-21H2. The van der Waals surface area contributed by atoms with E-state index in [2.05, 4.69) is 9.80 Å². The van der Waals surface area contributed by atoms with Gasteiger partial charge in [0.1, 0.15) is 11.6 Å². The number of nitro groups is 1. The minimum Gasteiger partial charge on any atom is -0.455 e. The SMILES string of the molecule is O=C(c1ccc(CN(Cc2ccc(Cl)cc2)Cc2cccc(F)c2)o1)N1CCN(c2ccc([N+](=O)[O-])cc2)CC1. The second kappa shape index (κ2) is 12.3. The molecule has 0 aliphatic carbocycles. The largest absolute Gasteiger partial charge is 0.455 e. The molecule has 206 valence electrons. The van der Waals surface area contributed by atoms with Crippen molar-refractivity contribution < 1.29 is 18.5 Å². The molecule has 40 heavy (non-hydrogen) atoms. The molecule has 8 nitrogen and oxygen atoms in total. The third-order valence-electron chi connectivity index (χ3n) is 6.86. The lowest BCUT2D eigenvalue weighted by molar-refractivity contribution is -0.384. The van der Waals surface area contributed by atoms with Crippen LogP contribution in [0.25, 0.3) is 0 Å². The summed E-state index contributed by atoms with van der Waals surface area (Å²) in [4.78, 5) is 29.6. The summed E-state index contributed by atoms with van der Waals surface area (Å²) in [7, 11) is 0. The molecule has 0 spiro atoms. The van der Waals surface area contributed by atoms with Crippen molar-refractivity contribution in [2.75, 3.05) is 31.1 Å². The molecule has 1 aliphatic heterocycles. The fourth-order valence-electron chi connectivity index (χ4n) is 4.82. The monoisotopic (exact) mass is 562 g/mol. The van der Waals surface area contributed by atoms with Crippen LogP contribution in [0.15, 0.2) is 89.3 Å². The van der Waals surface area contributed by atoms with Crippen molar-refractivity contribution >= 4 is 28.9 Å². The van der Waals surface area contributed by atoms with Crippen LogP contribution in [0.4, 0.5) is 15.8 Å². The van der Waals surface area contributed by atoms with Gasteiger partial charge in [0.25, 0.3) is 11.6 Å². The zero-order chi connectivity index (χ0) is 28.1. The molecular formula is C30H28ClFN4O4. The second-order valence-electron chi connectivity index (χ2n) is 9.72. The normalized spacial score (nSPS) is 13.6. The van der Waals surface area contributed by atoms with Gasteiger partial charge in [0.2, 0.25) is 0 Å². The summed E-state index contributed by atoms with van der Waals surface area (Å²) in [6, 6.07) is 24.0. The van der Waals surface area contributed by atoms with Gasteiger partial charge in [-0.05, 0) is 59.7 Å². The number of nitrogens with zero attached hydrogens (tertiary/aromatic N) is 4. The van der Waals surface area contributed by atoms with Crippen LogP contribution < -0.4 is 4.90 Å². The number of hydrogen-bond donors (Lipinski definition) is 0. The van der Waals surface area contributed by atoms with Gasteiger partial charge in [-0.1, -0.05) is 35.9 Å². The van der Waals surface area contributed by atoms with Crippen LogP contribution in [0.1, 0.15) is 27.4 Å². The summed E-state index contributed by atoms with van der Waals surface area (Å²) in [6.07, 6.45) is 0. The van der Waals surface area contributed by atoms with Gasteiger partial charge in [0, 0.05) is 62.1 Å². The number of furan rings is 1. The Morgan fingerprint density at radius 3 is 2.27 bits per heavy atom. The Kier molecular flexibility index (Phi) is 8.42. The zero-order valence-electron chi connectivity index (χ0n) is 21.7. The molecule has 0 bridgehead atoms. The molecule has 0 unspecified atom stereocenters. The second-order valence-corrected chi connectivity index (χ2v) is 10.2. The lowest BCUT2D eigenvalue weighted by Crippen LogP contribution is -2.48. The summed E-state index contributed by atoms with van der Waals surface area (Å²) < 4.78 is 19.8. The van der Waals surface area contributed by atoms with Crippen LogP contribution >= 0.6 is 11.6 Å². The first kappa shape index (κ1) is 27.4. The van der Waals surface area contributed by atoms with Crippen LogP contribution in [-0.2, 0) is 19.6 Å². The Balaban J connectivity index is 1.22. The Morgan fingerprint density at radius 2 is 1.60 bits per heavy atom. The van der Waals surface area contributed by atoms with Gasteiger partial charge in [0.05, 0.1) is 11.5 Å². The van der Waals surface area contributed by atoms with Crippen molar-refractivity contribution in [1.82, 2.24) is 9.80 Å². The van der Waals surface area contributed by atoms with Crippen molar-refractivity contribution in [2.45, 2.75) is 19.6 Å². The van der Waals surface area contributed by atoms with Crippen molar-refractivity contribution in [3.8, 4) is 0 Å². The first-order valence-electron chi connectivity index (χ1n) is 12.9. The highest BCUT2D eigenvalue weighted by Crippen LogP contribution is 2.23. The topological polar surface area (TPSA) is 83.1 Å². The minimum absolute atomic E-state index is 0.0499. The zero-order valence-corrected chi connectivity index (χ0v) is 22.5. The smallest absolute Gasteiger partial charge is 0.289 e. The molecule has 10 heteroatoms. The molecule has 4 aromatic rings. The van der Waals surface area contributed by atoms with Gasteiger partial charge in [0.15, 0.2) is 5.76 Å². The molecule has 1 amide bonds. The van der Waals surface area contributed by atoms with Crippen LogP contribution in [0.2, 0.25) is 5.02 Å². The first-order valence-corrected chi connectivity index (χ1v) is 13.3. The number of anilines is 1. The maximum atomic E-state index is 13.8. The van der Waals surface area contributed by atoms with Crippen LogP contribution in [-0.4, -0.2) is 46.8 Å². The molecule has 0 radical (unpaired) electrons. The van der Waals surface area contributed by atoms with E-state index in [0.29, 0.717) is 56.6 Å². The van der Waals surface area contributed by atoms with Crippen molar-refractivity contribution in [3.63, 3.8) is 0 Å². The molecule has 3 aromatic carbocycles. The van der Waals surface area contributed by atoms with Gasteiger partial charge in [-0.2, -0.15) is 0 Å².